The molecule has 1 saturated heterocycles. The van der Waals surface area contributed by atoms with E-state index in [4.69, 9.17) is 9.26 Å². The van der Waals surface area contributed by atoms with E-state index in [0.29, 0.717) is 24.9 Å². The maximum absolute atomic E-state index is 12.9. The molecule has 0 radical (unpaired) electrons. The fourth-order valence-corrected chi connectivity index (χ4v) is 2.13. The smallest absolute Gasteiger partial charge is 0.257 e. The lowest BCUT2D eigenvalue weighted by molar-refractivity contribution is 0.0186. The van der Waals surface area contributed by atoms with E-state index < -0.39 is 0 Å². The molecular formula is C13H14FN3O2. The Kier molecular flexibility index (Phi) is 3.16. The molecule has 0 bridgehead atoms. The molecule has 3 rings (SSSR count). The third-order valence-electron chi connectivity index (χ3n) is 3.08. The maximum Gasteiger partial charge on any atom is 0.257 e. The molecule has 0 N–H and O–H groups in total. The van der Waals surface area contributed by atoms with Crippen LogP contribution in [0.3, 0.4) is 0 Å². The molecule has 0 saturated carbocycles. The van der Waals surface area contributed by atoms with Crippen molar-refractivity contribution in [3.8, 4) is 0 Å². The first-order valence-corrected chi connectivity index (χ1v) is 6.15. The van der Waals surface area contributed by atoms with Gasteiger partial charge in [0.25, 0.3) is 5.89 Å². The topological polar surface area (TPSA) is 51.4 Å². The fourth-order valence-electron chi connectivity index (χ4n) is 2.13. The molecule has 0 amide bonds. The van der Waals surface area contributed by atoms with Crippen molar-refractivity contribution in [1.29, 1.82) is 0 Å². The summed E-state index contributed by atoms with van der Waals surface area (Å²) in [6.45, 7) is 3.72. The Balaban J connectivity index is 1.76. The molecule has 1 atom stereocenters. The average Bonchev–Trinajstić information content (AvgIpc) is 2.86. The number of anilines is 1. The van der Waals surface area contributed by atoms with Gasteiger partial charge >= 0.3 is 0 Å². The van der Waals surface area contributed by atoms with Crippen molar-refractivity contribution in [3.63, 3.8) is 0 Å². The van der Waals surface area contributed by atoms with Crippen LogP contribution in [0.5, 0.6) is 0 Å². The molecule has 5 nitrogen and oxygen atoms in total. The molecule has 1 aliphatic rings. The van der Waals surface area contributed by atoms with Crippen LogP contribution in [0, 0.1) is 12.7 Å². The van der Waals surface area contributed by atoms with Crippen LogP contribution in [0.1, 0.15) is 17.8 Å². The Morgan fingerprint density at radius 2 is 2.11 bits per heavy atom. The van der Waals surface area contributed by atoms with Gasteiger partial charge in [-0.15, -0.1) is 0 Å². The summed E-state index contributed by atoms with van der Waals surface area (Å²) in [5, 5.41) is 3.77. The van der Waals surface area contributed by atoms with Crippen LogP contribution in [0.2, 0.25) is 0 Å². The number of hydrogen-bond acceptors (Lipinski definition) is 5. The van der Waals surface area contributed by atoms with E-state index in [1.165, 1.54) is 12.1 Å². The maximum atomic E-state index is 12.9. The molecule has 1 fully saturated rings. The van der Waals surface area contributed by atoms with Crippen molar-refractivity contribution in [1.82, 2.24) is 10.1 Å². The Morgan fingerprint density at radius 3 is 2.79 bits per heavy atom. The van der Waals surface area contributed by atoms with Gasteiger partial charge in [0.2, 0.25) is 0 Å². The lowest BCUT2D eigenvalue weighted by Gasteiger charge is -2.32. The van der Waals surface area contributed by atoms with Crippen LogP contribution in [0.15, 0.2) is 28.8 Å². The van der Waals surface area contributed by atoms with E-state index in [0.717, 1.165) is 12.2 Å². The number of aromatic nitrogens is 2. The third-order valence-corrected chi connectivity index (χ3v) is 3.08. The van der Waals surface area contributed by atoms with Crippen molar-refractivity contribution in [3.05, 3.63) is 41.8 Å². The van der Waals surface area contributed by atoms with E-state index in [9.17, 15) is 4.39 Å². The predicted molar refractivity (Wildman–Crippen MR) is 66.3 cm³/mol. The normalized spacial score (nSPS) is 19.7. The molecule has 19 heavy (non-hydrogen) atoms. The third kappa shape index (κ3) is 2.58. The summed E-state index contributed by atoms with van der Waals surface area (Å²) >= 11 is 0. The number of morpholine rings is 1. The highest BCUT2D eigenvalue weighted by Crippen LogP contribution is 2.25. The Morgan fingerprint density at radius 1 is 1.32 bits per heavy atom. The van der Waals surface area contributed by atoms with Gasteiger partial charge in [0.1, 0.15) is 5.82 Å². The first-order chi connectivity index (χ1) is 9.22. The second-order valence-corrected chi connectivity index (χ2v) is 4.46. The van der Waals surface area contributed by atoms with E-state index in [1.807, 2.05) is 0 Å². The first-order valence-electron chi connectivity index (χ1n) is 6.15. The zero-order valence-corrected chi connectivity index (χ0v) is 10.5. The molecule has 0 spiro atoms. The molecule has 0 aliphatic carbocycles. The zero-order chi connectivity index (χ0) is 13.2. The standard InChI is InChI=1S/C13H14FN3O2/c1-9-15-13(19-16-9)12-8-17(6-7-18-12)11-4-2-10(14)3-5-11/h2-5,12H,6-8H2,1H3/t12-/m0/s1. The van der Waals surface area contributed by atoms with Gasteiger partial charge in [-0.2, -0.15) is 4.98 Å². The second kappa shape index (κ2) is 4.97. The van der Waals surface area contributed by atoms with E-state index >= 15 is 0 Å². The lowest BCUT2D eigenvalue weighted by atomic mass is 10.2. The van der Waals surface area contributed by atoms with Crippen molar-refractivity contribution >= 4 is 5.69 Å². The Labute approximate surface area is 110 Å². The SMILES string of the molecule is Cc1noc([C@@H]2CN(c3ccc(F)cc3)CCO2)n1. The van der Waals surface area contributed by atoms with Gasteiger partial charge in [0.05, 0.1) is 13.2 Å². The summed E-state index contributed by atoms with van der Waals surface area (Å²) < 4.78 is 23.7. The molecular weight excluding hydrogens is 249 g/mol. The predicted octanol–water partition coefficient (Wildman–Crippen LogP) is 2.10. The summed E-state index contributed by atoms with van der Waals surface area (Å²) in [7, 11) is 0. The number of nitrogens with zero attached hydrogens (tertiary/aromatic N) is 3. The number of aryl methyl sites for hydroxylation is 1. The van der Waals surface area contributed by atoms with Gasteiger partial charge in [-0.25, -0.2) is 4.39 Å². The molecule has 2 heterocycles. The van der Waals surface area contributed by atoms with Crippen molar-refractivity contribution in [2.75, 3.05) is 24.6 Å². The van der Waals surface area contributed by atoms with Gasteiger partial charge in [0.15, 0.2) is 11.9 Å². The molecule has 1 aromatic carbocycles. The average molecular weight is 263 g/mol. The summed E-state index contributed by atoms with van der Waals surface area (Å²) in [5.74, 6) is 0.850. The van der Waals surface area contributed by atoms with Gasteiger partial charge in [-0.3, -0.25) is 0 Å². The Hall–Kier alpha value is -1.95. The Bertz CT molecular complexity index is 555. The van der Waals surface area contributed by atoms with E-state index in [1.54, 1.807) is 19.1 Å². The second-order valence-electron chi connectivity index (χ2n) is 4.46. The van der Waals surface area contributed by atoms with Crippen LogP contribution < -0.4 is 4.90 Å². The minimum absolute atomic E-state index is 0.235. The highest BCUT2D eigenvalue weighted by atomic mass is 19.1. The van der Waals surface area contributed by atoms with Crippen LogP contribution in [0.4, 0.5) is 10.1 Å². The van der Waals surface area contributed by atoms with Crippen molar-refractivity contribution in [2.45, 2.75) is 13.0 Å². The minimum Gasteiger partial charge on any atom is -0.366 e. The van der Waals surface area contributed by atoms with Crippen LogP contribution in [-0.4, -0.2) is 29.8 Å². The zero-order valence-electron chi connectivity index (χ0n) is 10.5. The van der Waals surface area contributed by atoms with Gasteiger partial charge < -0.3 is 14.2 Å². The van der Waals surface area contributed by atoms with Gasteiger partial charge in [0, 0.05) is 12.2 Å². The van der Waals surface area contributed by atoms with Crippen molar-refractivity contribution in [2.24, 2.45) is 0 Å². The first kappa shape index (κ1) is 12.1. The summed E-state index contributed by atoms with van der Waals surface area (Å²) in [6, 6.07) is 6.43. The highest BCUT2D eigenvalue weighted by molar-refractivity contribution is 5.46. The monoisotopic (exact) mass is 263 g/mol. The van der Waals surface area contributed by atoms with Crippen LogP contribution in [0.25, 0.3) is 0 Å². The molecule has 0 unspecified atom stereocenters. The van der Waals surface area contributed by atoms with E-state index in [2.05, 4.69) is 15.0 Å². The van der Waals surface area contributed by atoms with Crippen LogP contribution >= 0.6 is 0 Å². The number of ether oxygens (including phenoxy) is 1. The summed E-state index contributed by atoms with van der Waals surface area (Å²) in [6.07, 6.45) is -0.236. The highest BCUT2D eigenvalue weighted by Gasteiger charge is 2.26. The summed E-state index contributed by atoms with van der Waals surface area (Å²) in [4.78, 5) is 6.31. The minimum atomic E-state index is -0.236. The molecule has 1 aliphatic heterocycles. The van der Waals surface area contributed by atoms with Crippen molar-refractivity contribution < 1.29 is 13.7 Å². The fraction of sp³-hybridized carbons (Fsp3) is 0.385. The van der Waals surface area contributed by atoms with Gasteiger partial charge in [-0.05, 0) is 31.2 Å². The molecule has 2 aromatic rings. The largest absolute Gasteiger partial charge is 0.366 e. The lowest BCUT2D eigenvalue weighted by Crippen LogP contribution is -2.38. The number of hydrogen-bond donors (Lipinski definition) is 0. The summed E-state index contributed by atoms with van der Waals surface area (Å²) in [5.41, 5.74) is 0.964. The van der Waals surface area contributed by atoms with Crippen LogP contribution in [-0.2, 0) is 4.74 Å². The molecule has 100 valence electrons. The molecule has 6 heteroatoms. The molecule has 1 aromatic heterocycles. The van der Waals surface area contributed by atoms with Gasteiger partial charge in [-0.1, -0.05) is 5.16 Å². The number of benzene rings is 1. The quantitative estimate of drug-likeness (QED) is 0.830. The number of rotatable bonds is 2. The number of halogens is 1. The van der Waals surface area contributed by atoms with E-state index in [-0.39, 0.29) is 11.9 Å².